The first-order chi connectivity index (χ1) is 24.0. The number of hydrogen-bond donors (Lipinski definition) is 1. The maximum Gasteiger partial charge on any atom is 0.573 e. The van der Waals surface area contributed by atoms with Crippen LogP contribution in [0.1, 0.15) is 68.1 Å². The van der Waals surface area contributed by atoms with E-state index in [9.17, 15) is 18.0 Å². The van der Waals surface area contributed by atoms with Crippen molar-refractivity contribution in [2.45, 2.75) is 89.8 Å². The number of hydrogen-bond acceptors (Lipinski definition) is 6. The SMILES string of the molecule is COc1cccc(C)c1CN1CCN(Cc2ccc3c(c2)c(-c2ccc(OC(F)(F)F)cc2)cn3CCCCC(=O)C2(N)CCCCC2)CC1. The van der Waals surface area contributed by atoms with Gasteiger partial charge in [0.05, 0.1) is 12.6 Å². The van der Waals surface area contributed by atoms with Crippen molar-refractivity contribution in [1.82, 2.24) is 14.4 Å². The van der Waals surface area contributed by atoms with Crippen LogP contribution in [0.4, 0.5) is 13.2 Å². The third-order valence-electron chi connectivity index (χ3n) is 10.5. The molecule has 50 heavy (non-hydrogen) atoms. The number of aryl methyl sites for hydroxylation is 2. The zero-order valence-corrected chi connectivity index (χ0v) is 29.2. The van der Waals surface area contributed by atoms with Crippen molar-refractivity contribution in [2.24, 2.45) is 5.73 Å². The maximum absolute atomic E-state index is 13.0. The summed E-state index contributed by atoms with van der Waals surface area (Å²) in [6, 6.07) is 18.8. The fraction of sp³-hybridized carbons (Fsp3) is 0.475. The Balaban J connectivity index is 1.15. The first-order valence-corrected chi connectivity index (χ1v) is 17.9. The zero-order valence-electron chi connectivity index (χ0n) is 29.2. The number of carbonyl (C=O) groups excluding carboxylic acids is 1. The molecule has 0 unspecified atom stereocenters. The number of piperazine rings is 1. The Morgan fingerprint density at radius 2 is 1.60 bits per heavy atom. The first kappa shape index (κ1) is 35.9. The van der Waals surface area contributed by atoms with E-state index in [1.54, 1.807) is 19.2 Å². The van der Waals surface area contributed by atoms with Gasteiger partial charge in [0.1, 0.15) is 11.5 Å². The molecule has 0 bridgehead atoms. The van der Waals surface area contributed by atoms with E-state index >= 15 is 0 Å². The van der Waals surface area contributed by atoms with Crippen LogP contribution in [0.3, 0.4) is 0 Å². The van der Waals surface area contributed by atoms with Crippen LogP contribution in [0.15, 0.2) is 66.9 Å². The lowest BCUT2D eigenvalue weighted by atomic mass is 9.78. The summed E-state index contributed by atoms with van der Waals surface area (Å²) in [6.07, 6.45) is 4.16. The third-order valence-corrected chi connectivity index (χ3v) is 10.5. The molecule has 10 heteroatoms. The topological polar surface area (TPSA) is 73.0 Å². The van der Waals surface area contributed by atoms with Crippen LogP contribution in [0.2, 0.25) is 0 Å². The van der Waals surface area contributed by atoms with Crippen LogP contribution >= 0.6 is 0 Å². The number of halogens is 3. The van der Waals surface area contributed by atoms with Gasteiger partial charge in [0.15, 0.2) is 5.78 Å². The van der Waals surface area contributed by atoms with Crippen molar-refractivity contribution in [3.63, 3.8) is 0 Å². The highest BCUT2D eigenvalue weighted by molar-refractivity contribution is 5.96. The van der Waals surface area contributed by atoms with Gasteiger partial charge in [0.2, 0.25) is 0 Å². The Bertz CT molecular complexity index is 1750. The molecule has 0 atom stereocenters. The zero-order chi connectivity index (χ0) is 35.3. The number of aromatic nitrogens is 1. The van der Waals surface area contributed by atoms with E-state index in [0.29, 0.717) is 6.42 Å². The molecule has 2 aliphatic rings. The molecule has 6 rings (SSSR count). The lowest BCUT2D eigenvalue weighted by Crippen LogP contribution is -2.49. The summed E-state index contributed by atoms with van der Waals surface area (Å²) in [7, 11) is 1.72. The van der Waals surface area contributed by atoms with E-state index in [2.05, 4.69) is 56.5 Å². The van der Waals surface area contributed by atoms with Gasteiger partial charge in [-0.3, -0.25) is 14.6 Å². The Morgan fingerprint density at radius 1 is 0.900 bits per heavy atom. The predicted octanol–water partition coefficient (Wildman–Crippen LogP) is 8.24. The molecule has 1 aliphatic heterocycles. The van der Waals surface area contributed by atoms with Crippen molar-refractivity contribution in [3.8, 4) is 22.6 Å². The molecule has 1 aliphatic carbocycles. The van der Waals surface area contributed by atoms with E-state index < -0.39 is 11.9 Å². The number of nitrogens with zero attached hydrogens (tertiary/aromatic N) is 3. The number of alkyl halides is 3. The number of ketones is 1. The Morgan fingerprint density at radius 3 is 2.28 bits per heavy atom. The van der Waals surface area contributed by atoms with Crippen molar-refractivity contribution < 1.29 is 27.4 Å². The number of methoxy groups -OCH3 is 1. The Hall–Kier alpha value is -3.86. The van der Waals surface area contributed by atoms with Gasteiger partial charge in [0.25, 0.3) is 0 Å². The molecule has 0 radical (unpaired) electrons. The number of rotatable bonds is 13. The minimum atomic E-state index is -4.74. The molecule has 2 heterocycles. The Kier molecular flexibility index (Phi) is 11.2. The van der Waals surface area contributed by atoms with E-state index in [1.165, 1.54) is 28.8 Å². The lowest BCUT2D eigenvalue weighted by Gasteiger charge is -2.35. The molecular formula is C40H49F3N4O3. The third kappa shape index (κ3) is 8.71. The van der Waals surface area contributed by atoms with Crippen LogP contribution in [0.25, 0.3) is 22.0 Å². The summed E-state index contributed by atoms with van der Waals surface area (Å²) in [5, 5.41) is 1.05. The number of nitrogens with two attached hydrogens (primary N) is 1. The number of benzene rings is 3. The molecular weight excluding hydrogens is 641 g/mol. The highest BCUT2D eigenvalue weighted by Crippen LogP contribution is 2.35. The van der Waals surface area contributed by atoms with Crippen molar-refractivity contribution in [2.75, 3.05) is 33.3 Å². The summed E-state index contributed by atoms with van der Waals surface area (Å²) >= 11 is 0. The van der Waals surface area contributed by atoms with Crippen molar-refractivity contribution in [3.05, 3.63) is 83.6 Å². The molecule has 2 N–H and O–H groups in total. The fourth-order valence-corrected chi connectivity index (χ4v) is 7.63. The Labute approximate surface area is 293 Å². The monoisotopic (exact) mass is 690 g/mol. The van der Waals surface area contributed by atoms with E-state index in [4.69, 9.17) is 10.5 Å². The van der Waals surface area contributed by atoms with Gasteiger partial charge >= 0.3 is 6.36 Å². The molecule has 1 saturated heterocycles. The molecule has 1 saturated carbocycles. The van der Waals surface area contributed by atoms with Gasteiger partial charge in [-0.1, -0.05) is 49.6 Å². The lowest BCUT2D eigenvalue weighted by molar-refractivity contribution is -0.274. The van der Waals surface area contributed by atoms with Gasteiger partial charge in [-0.25, -0.2) is 0 Å². The number of unbranched alkanes of at least 4 members (excludes halogenated alkanes) is 1. The van der Waals surface area contributed by atoms with Gasteiger partial charge in [-0.2, -0.15) is 0 Å². The van der Waals surface area contributed by atoms with E-state index in [-0.39, 0.29) is 11.5 Å². The molecule has 0 amide bonds. The molecule has 0 spiro atoms. The second-order valence-corrected chi connectivity index (χ2v) is 14.1. The number of fused-ring (bicyclic) bond motifs is 1. The minimum absolute atomic E-state index is 0.178. The average molecular weight is 691 g/mol. The molecule has 3 aromatic carbocycles. The summed E-state index contributed by atoms with van der Waals surface area (Å²) in [5.74, 6) is 0.866. The number of ether oxygens (including phenoxy) is 2. The highest BCUT2D eigenvalue weighted by Gasteiger charge is 2.34. The summed E-state index contributed by atoms with van der Waals surface area (Å²) in [5.41, 5.74) is 12.3. The van der Waals surface area contributed by atoms with Gasteiger partial charge in [-0.05, 0) is 79.6 Å². The van der Waals surface area contributed by atoms with Crippen LogP contribution < -0.4 is 15.2 Å². The number of Topliss-reactive ketones (excluding diaryl/α,β-unsaturated/α-hetero) is 1. The van der Waals surface area contributed by atoms with Crippen LogP contribution in [-0.4, -0.2) is 65.3 Å². The highest BCUT2D eigenvalue weighted by atomic mass is 19.4. The van der Waals surface area contributed by atoms with Crippen LogP contribution in [0, 0.1) is 6.92 Å². The standard InChI is InChI=1S/C40H49F3N4O3/c1-29-9-8-10-37(49-2)34(29)27-46-23-21-45(22-24-46)26-30-12-17-36-33(25-30)35(31-13-15-32(16-14-31)50-40(41,42)43)28-47(36)20-7-4-11-38(48)39(44)18-5-3-6-19-39/h8-10,12-17,25,28H,3-7,11,18-24,26-27,44H2,1-2H3. The van der Waals surface area contributed by atoms with Gasteiger partial charge in [0, 0.05) is 80.5 Å². The summed E-state index contributed by atoms with van der Waals surface area (Å²) < 4.78 is 50.5. The van der Waals surface area contributed by atoms with Gasteiger partial charge in [-0.15, -0.1) is 13.2 Å². The van der Waals surface area contributed by atoms with E-state index in [1.807, 2.05) is 12.1 Å². The average Bonchev–Trinajstić information content (AvgIpc) is 3.45. The normalized spacial score (nSPS) is 17.2. The maximum atomic E-state index is 13.0. The smallest absolute Gasteiger partial charge is 0.496 e. The quantitative estimate of drug-likeness (QED) is 0.143. The second kappa shape index (κ2) is 15.6. The first-order valence-electron chi connectivity index (χ1n) is 17.9. The molecule has 4 aromatic rings. The molecule has 268 valence electrons. The largest absolute Gasteiger partial charge is 0.573 e. The summed E-state index contributed by atoms with van der Waals surface area (Å²) in [4.78, 5) is 17.9. The minimum Gasteiger partial charge on any atom is -0.496 e. The van der Waals surface area contributed by atoms with E-state index in [0.717, 1.165) is 119 Å². The molecule has 7 nitrogen and oxygen atoms in total. The van der Waals surface area contributed by atoms with Crippen LogP contribution in [-0.2, 0) is 24.4 Å². The summed E-state index contributed by atoms with van der Waals surface area (Å²) in [6.45, 7) is 8.34. The fourth-order valence-electron chi connectivity index (χ4n) is 7.63. The number of carbonyl (C=O) groups is 1. The van der Waals surface area contributed by atoms with Gasteiger partial charge < -0.3 is 19.8 Å². The second-order valence-electron chi connectivity index (χ2n) is 14.1. The van der Waals surface area contributed by atoms with Crippen molar-refractivity contribution in [1.29, 1.82) is 0 Å². The molecule has 1 aromatic heterocycles. The molecule has 2 fully saturated rings. The van der Waals surface area contributed by atoms with Crippen molar-refractivity contribution >= 4 is 16.7 Å². The van der Waals surface area contributed by atoms with Crippen LogP contribution in [0.5, 0.6) is 11.5 Å². The predicted molar refractivity (Wildman–Crippen MR) is 191 cm³/mol.